The van der Waals surface area contributed by atoms with E-state index in [2.05, 4.69) is 0 Å². The molecule has 102 valence electrons. The smallest absolute Gasteiger partial charge is 0.327 e. The number of rotatable bonds is 3. The molecule has 2 unspecified atom stereocenters. The van der Waals surface area contributed by atoms with E-state index in [-0.39, 0.29) is 17.2 Å². The Hall–Kier alpha value is -1.49. The highest BCUT2D eigenvalue weighted by Gasteiger charge is 2.42. The molecule has 1 aliphatic heterocycles. The molecular weight excluding hydrogens is 262 g/mol. The van der Waals surface area contributed by atoms with Gasteiger partial charge in [0.2, 0.25) is 0 Å². The molecule has 1 aromatic carbocycles. The molecule has 0 bridgehead atoms. The highest BCUT2D eigenvalue weighted by molar-refractivity contribution is 8.00. The third-order valence-electron chi connectivity index (χ3n) is 3.15. The van der Waals surface area contributed by atoms with Gasteiger partial charge in [0.15, 0.2) is 0 Å². The second-order valence-corrected chi connectivity index (χ2v) is 6.05. The second kappa shape index (κ2) is 5.65. The number of hydrogen-bond donors (Lipinski definition) is 1. The lowest BCUT2D eigenvalue weighted by molar-refractivity contribution is -0.141. The fourth-order valence-corrected chi connectivity index (χ4v) is 3.69. The van der Waals surface area contributed by atoms with Crippen molar-refractivity contribution in [2.75, 3.05) is 5.75 Å². The van der Waals surface area contributed by atoms with E-state index in [4.69, 9.17) is 0 Å². The molecule has 19 heavy (non-hydrogen) atoms. The van der Waals surface area contributed by atoms with Crippen molar-refractivity contribution in [3.63, 3.8) is 0 Å². The summed E-state index contributed by atoms with van der Waals surface area (Å²) < 4.78 is 0. The molecule has 1 fully saturated rings. The summed E-state index contributed by atoms with van der Waals surface area (Å²) in [5, 5.41) is 9.20. The molecule has 0 spiro atoms. The van der Waals surface area contributed by atoms with Gasteiger partial charge in [0.1, 0.15) is 6.04 Å². The van der Waals surface area contributed by atoms with Crippen LogP contribution in [-0.4, -0.2) is 39.1 Å². The summed E-state index contributed by atoms with van der Waals surface area (Å²) in [6, 6.07) is 8.13. The summed E-state index contributed by atoms with van der Waals surface area (Å²) in [5.41, 5.74) is 0.543. The second-order valence-electron chi connectivity index (χ2n) is 4.90. The van der Waals surface area contributed by atoms with Crippen molar-refractivity contribution in [2.45, 2.75) is 25.3 Å². The molecule has 5 heteroatoms. The zero-order chi connectivity index (χ0) is 14.0. The van der Waals surface area contributed by atoms with Gasteiger partial charge in [-0.15, -0.1) is 11.8 Å². The average Bonchev–Trinajstić information content (AvgIpc) is 2.83. The monoisotopic (exact) mass is 279 g/mol. The van der Waals surface area contributed by atoms with Crippen molar-refractivity contribution in [3.8, 4) is 0 Å². The summed E-state index contributed by atoms with van der Waals surface area (Å²) in [5.74, 6) is -0.449. The van der Waals surface area contributed by atoms with Crippen molar-refractivity contribution in [1.29, 1.82) is 0 Å². The minimum absolute atomic E-state index is 0.0752. The summed E-state index contributed by atoms with van der Waals surface area (Å²) in [7, 11) is 0. The van der Waals surface area contributed by atoms with Gasteiger partial charge in [0.05, 0.1) is 5.37 Å². The molecule has 1 N–H and O–H groups in total. The Morgan fingerprint density at radius 1 is 1.32 bits per heavy atom. The van der Waals surface area contributed by atoms with Crippen molar-refractivity contribution in [1.82, 2.24) is 4.90 Å². The molecule has 1 heterocycles. The Morgan fingerprint density at radius 3 is 2.47 bits per heavy atom. The third-order valence-corrected chi connectivity index (χ3v) is 4.77. The highest BCUT2D eigenvalue weighted by Crippen LogP contribution is 2.35. The first-order valence-electron chi connectivity index (χ1n) is 6.24. The summed E-state index contributed by atoms with van der Waals surface area (Å²) in [6.07, 6.45) is 0. The number of carboxylic acids is 1. The third kappa shape index (κ3) is 2.76. The normalized spacial score (nSPS) is 22.8. The number of hydrogen-bond acceptors (Lipinski definition) is 3. The van der Waals surface area contributed by atoms with Crippen LogP contribution in [0.1, 0.15) is 24.2 Å². The van der Waals surface area contributed by atoms with Crippen LogP contribution in [0, 0.1) is 5.92 Å². The van der Waals surface area contributed by atoms with E-state index < -0.39 is 12.0 Å². The molecule has 1 aromatic rings. The average molecular weight is 279 g/mol. The van der Waals surface area contributed by atoms with E-state index in [0.717, 1.165) is 0 Å². The predicted octanol–water partition coefficient (Wildman–Crippen LogP) is 2.31. The topological polar surface area (TPSA) is 57.6 Å². The summed E-state index contributed by atoms with van der Waals surface area (Å²) >= 11 is 1.54. The van der Waals surface area contributed by atoms with Gasteiger partial charge in [-0.3, -0.25) is 4.79 Å². The van der Waals surface area contributed by atoms with E-state index in [9.17, 15) is 14.7 Å². The van der Waals surface area contributed by atoms with E-state index in [1.165, 1.54) is 4.90 Å². The van der Waals surface area contributed by atoms with Gasteiger partial charge < -0.3 is 10.0 Å². The molecule has 0 radical (unpaired) electrons. The van der Waals surface area contributed by atoms with E-state index >= 15 is 0 Å². The fraction of sp³-hybridized carbons (Fsp3) is 0.429. The van der Waals surface area contributed by atoms with Gasteiger partial charge in [-0.2, -0.15) is 0 Å². The zero-order valence-corrected chi connectivity index (χ0v) is 11.8. The van der Waals surface area contributed by atoms with Crippen LogP contribution >= 0.6 is 11.8 Å². The van der Waals surface area contributed by atoms with Crippen LogP contribution in [0.15, 0.2) is 30.3 Å². The molecule has 0 aromatic heterocycles. The van der Waals surface area contributed by atoms with Crippen LogP contribution in [0.4, 0.5) is 0 Å². The number of nitrogens with zero attached hydrogens (tertiary/aromatic N) is 1. The Morgan fingerprint density at radius 2 is 1.95 bits per heavy atom. The molecule has 1 saturated heterocycles. The maximum Gasteiger partial charge on any atom is 0.327 e. The first-order valence-corrected chi connectivity index (χ1v) is 7.29. The first-order chi connectivity index (χ1) is 9.02. The van der Waals surface area contributed by atoms with Crippen LogP contribution in [0.25, 0.3) is 0 Å². The molecule has 4 nitrogen and oxygen atoms in total. The lowest BCUT2D eigenvalue weighted by Crippen LogP contribution is -2.47. The van der Waals surface area contributed by atoms with Crippen LogP contribution in [0.3, 0.4) is 0 Å². The van der Waals surface area contributed by atoms with Gasteiger partial charge in [-0.25, -0.2) is 4.79 Å². The van der Waals surface area contributed by atoms with Gasteiger partial charge in [0.25, 0.3) is 5.91 Å². The molecule has 2 rings (SSSR count). The minimum atomic E-state index is -0.931. The van der Waals surface area contributed by atoms with Crippen LogP contribution < -0.4 is 0 Å². The summed E-state index contributed by atoms with van der Waals surface area (Å²) in [6.45, 7) is 4.01. The standard InChI is InChI=1S/C14H17NO3S/c1-9(2)13-15(11(8-19-13)14(17)18)12(16)10-6-4-3-5-7-10/h3-7,9,11,13H,8H2,1-2H3,(H,17,18). The number of carboxylic acid groups (broad SMARTS) is 1. The quantitative estimate of drug-likeness (QED) is 0.922. The van der Waals surface area contributed by atoms with Crippen LogP contribution in [-0.2, 0) is 4.79 Å². The van der Waals surface area contributed by atoms with Crippen molar-refractivity contribution in [2.24, 2.45) is 5.92 Å². The Kier molecular flexibility index (Phi) is 4.14. The number of thioether (sulfide) groups is 1. The van der Waals surface area contributed by atoms with Crippen molar-refractivity contribution in [3.05, 3.63) is 35.9 Å². The first kappa shape index (κ1) is 13.9. The Balaban J connectivity index is 2.31. The van der Waals surface area contributed by atoms with E-state index in [0.29, 0.717) is 11.3 Å². The molecule has 1 aliphatic rings. The van der Waals surface area contributed by atoms with E-state index in [1.54, 1.807) is 36.0 Å². The largest absolute Gasteiger partial charge is 0.480 e. The van der Waals surface area contributed by atoms with Gasteiger partial charge >= 0.3 is 5.97 Å². The SMILES string of the molecule is CC(C)C1SCC(C(=O)O)N1C(=O)c1ccccc1. The molecule has 2 atom stereocenters. The number of aliphatic carboxylic acids is 1. The Bertz CT molecular complexity index is 475. The molecule has 0 aliphatic carbocycles. The van der Waals surface area contributed by atoms with Gasteiger partial charge in [-0.1, -0.05) is 32.0 Å². The van der Waals surface area contributed by atoms with Gasteiger partial charge in [-0.05, 0) is 18.1 Å². The minimum Gasteiger partial charge on any atom is -0.480 e. The maximum atomic E-state index is 12.5. The van der Waals surface area contributed by atoms with Gasteiger partial charge in [0, 0.05) is 11.3 Å². The maximum absolute atomic E-state index is 12.5. The fourth-order valence-electron chi connectivity index (χ4n) is 2.22. The van der Waals surface area contributed by atoms with Crippen molar-refractivity contribution >= 4 is 23.6 Å². The molecule has 1 amide bonds. The zero-order valence-electron chi connectivity index (χ0n) is 10.9. The number of carbonyl (C=O) groups excluding carboxylic acids is 1. The highest BCUT2D eigenvalue weighted by atomic mass is 32.2. The van der Waals surface area contributed by atoms with E-state index in [1.807, 2.05) is 19.9 Å². The van der Waals surface area contributed by atoms with Crippen molar-refractivity contribution < 1.29 is 14.7 Å². The number of amides is 1. The predicted molar refractivity (Wildman–Crippen MR) is 75.1 cm³/mol. The number of carbonyl (C=O) groups is 2. The van der Waals surface area contributed by atoms with Crippen LogP contribution in [0.5, 0.6) is 0 Å². The lowest BCUT2D eigenvalue weighted by Gasteiger charge is -2.29. The molecular formula is C14H17NO3S. The lowest BCUT2D eigenvalue weighted by atomic mass is 10.1. The number of benzene rings is 1. The Labute approximate surface area is 116 Å². The van der Waals surface area contributed by atoms with Crippen LogP contribution in [0.2, 0.25) is 0 Å². The molecule has 0 saturated carbocycles. The summed E-state index contributed by atoms with van der Waals surface area (Å²) in [4.78, 5) is 25.4.